The van der Waals surface area contributed by atoms with Crippen molar-refractivity contribution in [2.75, 3.05) is 18.5 Å². The molecular formula is C16H18N4O2. The van der Waals surface area contributed by atoms with Crippen LogP contribution in [0, 0.1) is 0 Å². The number of nitrogens with one attached hydrogen (secondary N) is 2. The number of rotatable bonds is 3. The van der Waals surface area contributed by atoms with Crippen LogP contribution >= 0.6 is 0 Å². The third kappa shape index (κ3) is 3.23. The minimum absolute atomic E-state index is 0.286. The predicted molar refractivity (Wildman–Crippen MR) is 82.4 cm³/mol. The van der Waals surface area contributed by atoms with E-state index in [-0.39, 0.29) is 6.03 Å². The summed E-state index contributed by atoms with van der Waals surface area (Å²) in [7, 11) is 0. The van der Waals surface area contributed by atoms with E-state index in [0.29, 0.717) is 19.0 Å². The van der Waals surface area contributed by atoms with E-state index in [0.717, 1.165) is 18.4 Å². The average Bonchev–Trinajstić information content (AvgIpc) is 2.57. The lowest BCUT2D eigenvalue weighted by atomic mass is 9.83. The zero-order chi connectivity index (χ0) is 15.3. The van der Waals surface area contributed by atoms with Crippen LogP contribution in [0.5, 0.6) is 0 Å². The number of nitrogens with zero attached hydrogens (tertiary/aromatic N) is 2. The van der Waals surface area contributed by atoms with Gasteiger partial charge in [0.25, 0.3) is 0 Å². The first-order valence-electron chi connectivity index (χ1n) is 7.27. The van der Waals surface area contributed by atoms with Crippen LogP contribution in [0.1, 0.15) is 18.4 Å². The third-order valence-corrected chi connectivity index (χ3v) is 3.83. The van der Waals surface area contributed by atoms with Gasteiger partial charge in [0.05, 0.1) is 11.7 Å². The Morgan fingerprint density at radius 3 is 2.59 bits per heavy atom. The van der Waals surface area contributed by atoms with Crippen molar-refractivity contribution in [2.24, 2.45) is 0 Å². The summed E-state index contributed by atoms with van der Waals surface area (Å²) in [4.78, 5) is 20.3. The van der Waals surface area contributed by atoms with E-state index in [9.17, 15) is 4.79 Å². The van der Waals surface area contributed by atoms with Crippen molar-refractivity contribution in [1.82, 2.24) is 15.3 Å². The summed E-state index contributed by atoms with van der Waals surface area (Å²) >= 11 is 0. The summed E-state index contributed by atoms with van der Waals surface area (Å²) in [6.07, 6.45) is 6.10. The van der Waals surface area contributed by atoms with Crippen LogP contribution in [0.4, 0.5) is 10.6 Å². The largest absolute Gasteiger partial charge is 0.381 e. The molecule has 1 aromatic carbocycles. The average molecular weight is 298 g/mol. The molecule has 1 aliphatic rings. The summed E-state index contributed by atoms with van der Waals surface area (Å²) in [5.41, 5.74) is 0.679. The van der Waals surface area contributed by atoms with Gasteiger partial charge in [-0.3, -0.25) is 10.3 Å². The Morgan fingerprint density at radius 1 is 1.14 bits per heavy atom. The number of ether oxygens (including phenoxy) is 1. The molecule has 114 valence electrons. The highest BCUT2D eigenvalue weighted by molar-refractivity contribution is 5.88. The Labute approximate surface area is 128 Å². The fourth-order valence-electron chi connectivity index (χ4n) is 2.69. The molecule has 1 saturated heterocycles. The standard InChI is InChI=1S/C16H18N4O2/c21-15(19-14-12-17-8-9-18-14)20-16(6-10-22-11-7-16)13-4-2-1-3-5-13/h1-5,8-9,12H,6-7,10-11H2,(H2,18,19,20,21). The number of hydrogen-bond donors (Lipinski definition) is 2. The van der Waals surface area contributed by atoms with Gasteiger partial charge in [0, 0.05) is 25.6 Å². The van der Waals surface area contributed by atoms with Crippen LogP contribution in [-0.2, 0) is 10.3 Å². The topological polar surface area (TPSA) is 76.1 Å². The molecule has 0 saturated carbocycles. The molecule has 2 N–H and O–H groups in total. The maximum atomic E-state index is 12.3. The molecule has 0 unspecified atom stereocenters. The maximum absolute atomic E-state index is 12.3. The van der Waals surface area contributed by atoms with Crippen molar-refractivity contribution >= 4 is 11.8 Å². The Kier molecular flexibility index (Phi) is 4.29. The fraction of sp³-hybridized carbons (Fsp3) is 0.312. The second kappa shape index (κ2) is 6.53. The number of anilines is 1. The Morgan fingerprint density at radius 2 is 1.91 bits per heavy atom. The van der Waals surface area contributed by atoms with Crippen molar-refractivity contribution in [3.63, 3.8) is 0 Å². The van der Waals surface area contributed by atoms with Gasteiger partial charge in [-0.25, -0.2) is 9.78 Å². The second-order valence-electron chi connectivity index (χ2n) is 5.23. The Hall–Kier alpha value is -2.47. The van der Waals surface area contributed by atoms with Crippen LogP contribution in [-0.4, -0.2) is 29.2 Å². The molecule has 1 aliphatic heterocycles. The van der Waals surface area contributed by atoms with Gasteiger partial charge in [-0.05, 0) is 18.4 Å². The molecule has 22 heavy (non-hydrogen) atoms. The summed E-state index contributed by atoms with van der Waals surface area (Å²) in [6.45, 7) is 1.25. The number of amides is 2. The van der Waals surface area contributed by atoms with Gasteiger partial charge >= 0.3 is 6.03 Å². The second-order valence-corrected chi connectivity index (χ2v) is 5.23. The van der Waals surface area contributed by atoms with Crippen LogP contribution < -0.4 is 10.6 Å². The molecule has 2 amide bonds. The molecule has 1 fully saturated rings. The monoisotopic (exact) mass is 298 g/mol. The van der Waals surface area contributed by atoms with Crippen LogP contribution in [0.15, 0.2) is 48.9 Å². The fourth-order valence-corrected chi connectivity index (χ4v) is 2.69. The zero-order valence-electron chi connectivity index (χ0n) is 12.2. The number of aromatic nitrogens is 2. The van der Waals surface area contributed by atoms with E-state index >= 15 is 0 Å². The van der Waals surface area contributed by atoms with Crippen LogP contribution in [0.3, 0.4) is 0 Å². The molecule has 0 radical (unpaired) electrons. The van der Waals surface area contributed by atoms with E-state index in [1.54, 1.807) is 6.20 Å². The first-order chi connectivity index (χ1) is 10.8. The lowest BCUT2D eigenvalue weighted by Gasteiger charge is -2.38. The normalized spacial score (nSPS) is 16.7. The van der Waals surface area contributed by atoms with E-state index in [2.05, 4.69) is 20.6 Å². The first kappa shape index (κ1) is 14.5. The molecule has 1 aromatic heterocycles. The number of carbonyl (C=O) groups excluding carboxylic acids is 1. The van der Waals surface area contributed by atoms with Crippen LogP contribution in [0.2, 0.25) is 0 Å². The molecule has 3 rings (SSSR count). The molecule has 0 spiro atoms. The highest BCUT2D eigenvalue weighted by Gasteiger charge is 2.35. The zero-order valence-corrected chi connectivity index (χ0v) is 12.2. The SMILES string of the molecule is O=C(Nc1cnccn1)NC1(c2ccccc2)CCOCC1. The summed E-state index contributed by atoms with van der Waals surface area (Å²) < 4.78 is 5.45. The number of urea groups is 1. The van der Waals surface area contributed by atoms with Crippen molar-refractivity contribution in [3.8, 4) is 0 Å². The van der Waals surface area contributed by atoms with E-state index in [1.165, 1.54) is 12.4 Å². The van der Waals surface area contributed by atoms with Gasteiger partial charge in [-0.15, -0.1) is 0 Å². The van der Waals surface area contributed by atoms with Crippen molar-refractivity contribution in [3.05, 3.63) is 54.5 Å². The van der Waals surface area contributed by atoms with E-state index in [4.69, 9.17) is 4.74 Å². The highest BCUT2D eigenvalue weighted by Crippen LogP contribution is 2.32. The van der Waals surface area contributed by atoms with Gasteiger partial charge in [0.15, 0.2) is 5.82 Å². The summed E-state index contributed by atoms with van der Waals surface area (Å²) in [6, 6.07) is 9.72. The number of hydrogen-bond acceptors (Lipinski definition) is 4. The van der Waals surface area contributed by atoms with Gasteiger partial charge in [0.1, 0.15) is 0 Å². The van der Waals surface area contributed by atoms with Crippen LogP contribution in [0.25, 0.3) is 0 Å². The lowest BCUT2D eigenvalue weighted by molar-refractivity contribution is 0.0418. The maximum Gasteiger partial charge on any atom is 0.321 e. The molecule has 6 heteroatoms. The third-order valence-electron chi connectivity index (χ3n) is 3.83. The lowest BCUT2D eigenvalue weighted by Crippen LogP contribution is -2.50. The predicted octanol–water partition coefficient (Wildman–Crippen LogP) is 2.30. The molecular weight excluding hydrogens is 280 g/mol. The first-order valence-corrected chi connectivity index (χ1v) is 7.27. The van der Waals surface area contributed by atoms with Crippen molar-refractivity contribution in [2.45, 2.75) is 18.4 Å². The molecule has 0 atom stereocenters. The number of benzene rings is 1. The minimum atomic E-state index is -0.411. The molecule has 0 aliphatic carbocycles. The smallest absolute Gasteiger partial charge is 0.321 e. The minimum Gasteiger partial charge on any atom is -0.381 e. The molecule has 0 bridgehead atoms. The Bertz CT molecular complexity index is 613. The van der Waals surface area contributed by atoms with Crippen molar-refractivity contribution < 1.29 is 9.53 Å². The van der Waals surface area contributed by atoms with Gasteiger partial charge < -0.3 is 10.1 Å². The van der Waals surface area contributed by atoms with Gasteiger partial charge in [-0.2, -0.15) is 0 Å². The molecule has 6 nitrogen and oxygen atoms in total. The van der Waals surface area contributed by atoms with E-state index < -0.39 is 5.54 Å². The van der Waals surface area contributed by atoms with E-state index in [1.807, 2.05) is 30.3 Å². The number of carbonyl (C=O) groups is 1. The summed E-state index contributed by atoms with van der Waals surface area (Å²) in [5, 5.41) is 5.82. The summed E-state index contributed by atoms with van der Waals surface area (Å²) in [5.74, 6) is 0.426. The highest BCUT2D eigenvalue weighted by atomic mass is 16.5. The van der Waals surface area contributed by atoms with Gasteiger partial charge in [-0.1, -0.05) is 30.3 Å². The molecule has 2 heterocycles. The molecule has 2 aromatic rings. The van der Waals surface area contributed by atoms with Gasteiger partial charge in [0.2, 0.25) is 0 Å². The quantitative estimate of drug-likeness (QED) is 0.911. The Balaban J connectivity index is 1.77. The van der Waals surface area contributed by atoms with Crippen molar-refractivity contribution in [1.29, 1.82) is 0 Å².